The summed E-state index contributed by atoms with van der Waals surface area (Å²) in [7, 11) is 1.81. The minimum absolute atomic E-state index is 0.0192. The molecule has 1 aliphatic rings. The Bertz CT molecular complexity index is 1240. The van der Waals surface area contributed by atoms with Gasteiger partial charge in [-0.3, -0.25) is 9.59 Å². The second-order valence-electron chi connectivity index (χ2n) is 10.4. The van der Waals surface area contributed by atoms with E-state index >= 15 is 0 Å². The van der Waals surface area contributed by atoms with Crippen molar-refractivity contribution in [3.8, 4) is 11.1 Å². The molecule has 6 nitrogen and oxygen atoms in total. The maximum Gasteiger partial charge on any atom is 0.254 e. The molecular formula is C32H38N2O4. The number of ether oxygens (including phenoxy) is 1. The van der Waals surface area contributed by atoms with Gasteiger partial charge in [-0.2, -0.15) is 0 Å². The number of carbonyl (C=O) groups is 2. The fraction of sp³-hybridized carbons (Fsp3) is 0.375. The van der Waals surface area contributed by atoms with Crippen LogP contribution >= 0.6 is 0 Å². The first kappa shape index (κ1) is 27.6. The number of carbonyl (C=O) groups excluding carboxylic acids is 2. The standard InChI is InChI=1S/C32H38N2O4/c1-22-18-34(23(2)20-35)32(37)29-17-11-10-16-28(29)27-15-9-8-14-26(27)21-38-30(22)19-33(4)31(36)24(3)25-12-6-5-7-13-25/h5-17,22-24,30,35H,18-21H2,1-4H3/t22-,23+,24+,30+/m1/s1. The van der Waals surface area contributed by atoms with Crippen LogP contribution in [-0.4, -0.2) is 65.6 Å². The number of likely N-dealkylation sites (N-methyl/N-ethyl adjacent to an activating group) is 1. The summed E-state index contributed by atoms with van der Waals surface area (Å²) in [6.45, 7) is 6.83. The van der Waals surface area contributed by atoms with Crippen LogP contribution in [0.4, 0.5) is 0 Å². The molecule has 0 radical (unpaired) electrons. The molecular weight excluding hydrogens is 476 g/mol. The van der Waals surface area contributed by atoms with Crippen LogP contribution in [-0.2, 0) is 16.1 Å². The third-order valence-corrected chi connectivity index (χ3v) is 7.59. The molecule has 0 saturated carbocycles. The van der Waals surface area contributed by atoms with Crippen LogP contribution in [0.1, 0.15) is 48.2 Å². The molecule has 0 spiro atoms. The number of hydrogen-bond acceptors (Lipinski definition) is 4. The van der Waals surface area contributed by atoms with E-state index in [4.69, 9.17) is 4.74 Å². The zero-order chi connectivity index (χ0) is 27.2. The molecule has 2 amide bonds. The van der Waals surface area contributed by atoms with Crippen LogP contribution in [0, 0.1) is 5.92 Å². The van der Waals surface area contributed by atoms with Gasteiger partial charge in [0.25, 0.3) is 5.91 Å². The molecule has 1 heterocycles. The summed E-state index contributed by atoms with van der Waals surface area (Å²) in [6, 6.07) is 25.0. The van der Waals surface area contributed by atoms with Gasteiger partial charge in [-0.1, -0.05) is 79.7 Å². The fourth-order valence-corrected chi connectivity index (χ4v) is 5.13. The van der Waals surface area contributed by atoms with E-state index in [0.29, 0.717) is 25.3 Å². The fourth-order valence-electron chi connectivity index (χ4n) is 5.13. The third kappa shape index (κ3) is 5.98. The third-order valence-electron chi connectivity index (χ3n) is 7.59. The smallest absolute Gasteiger partial charge is 0.254 e. The van der Waals surface area contributed by atoms with Gasteiger partial charge in [0.1, 0.15) is 0 Å². The minimum Gasteiger partial charge on any atom is -0.394 e. The second kappa shape index (κ2) is 12.4. The molecule has 0 fully saturated rings. The van der Waals surface area contributed by atoms with Gasteiger partial charge in [0.2, 0.25) is 5.91 Å². The lowest BCUT2D eigenvalue weighted by Gasteiger charge is -2.35. The molecule has 4 rings (SSSR count). The first-order valence-electron chi connectivity index (χ1n) is 13.3. The van der Waals surface area contributed by atoms with Crippen LogP contribution in [0.15, 0.2) is 78.9 Å². The first-order valence-corrected chi connectivity index (χ1v) is 13.3. The van der Waals surface area contributed by atoms with Crippen molar-refractivity contribution in [1.29, 1.82) is 0 Å². The number of amides is 2. The average molecular weight is 515 g/mol. The molecule has 38 heavy (non-hydrogen) atoms. The number of fused-ring (bicyclic) bond motifs is 3. The van der Waals surface area contributed by atoms with E-state index in [9.17, 15) is 14.7 Å². The van der Waals surface area contributed by atoms with Crippen molar-refractivity contribution in [3.63, 3.8) is 0 Å². The maximum atomic E-state index is 13.9. The van der Waals surface area contributed by atoms with Crippen molar-refractivity contribution in [1.82, 2.24) is 9.80 Å². The number of benzene rings is 3. The Morgan fingerprint density at radius 1 is 0.974 bits per heavy atom. The molecule has 0 saturated heterocycles. The van der Waals surface area contributed by atoms with Gasteiger partial charge in [0.15, 0.2) is 0 Å². The van der Waals surface area contributed by atoms with Gasteiger partial charge in [-0.15, -0.1) is 0 Å². The molecule has 4 atom stereocenters. The lowest BCUT2D eigenvalue weighted by Crippen LogP contribution is -2.48. The van der Waals surface area contributed by atoms with Crippen molar-refractivity contribution < 1.29 is 19.4 Å². The highest BCUT2D eigenvalue weighted by molar-refractivity contribution is 6.01. The second-order valence-corrected chi connectivity index (χ2v) is 10.4. The van der Waals surface area contributed by atoms with Gasteiger partial charge in [0.05, 0.1) is 31.3 Å². The zero-order valence-electron chi connectivity index (χ0n) is 22.7. The molecule has 200 valence electrons. The minimum atomic E-state index is -0.368. The zero-order valence-corrected chi connectivity index (χ0v) is 22.7. The normalized spacial score (nSPS) is 19.5. The van der Waals surface area contributed by atoms with Gasteiger partial charge in [-0.25, -0.2) is 0 Å². The molecule has 0 unspecified atom stereocenters. The maximum absolute atomic E-state index is 13.9. The number of hydrogen-bond donors (Lipinski definition) is 1. The molecule has 1 aliphatic heterocycles. The highest BCUT2D eigenvalue weighted by Gasteiger charge is 2.32. The first-order chi connectivity index (χ1) is 18.3. The Morgan fingerprint density at radius 2 is 1.58 bits per heavy atom. The van der Waals surface area contributed by atoms with Gasteiger partial charge in [-0.05, 0) is 42.2 Å². The van der Waals surface area contributed by atoms with E-state index < -0.39 is 0 Å². The number of nitrogens with zero attached hydrogens (tertiary/aromatic N) is 2. The predicted octanol–water partition coefficient (Wildman–Crippen LogP) is 4.97. The largest absolute Gasteiger partial charge is 0.394 e. The van der Waals surface area contributed by atoms with Crippen molar-refractivity contribution >= 4 is 11.8 Å². The average Bonchev–Trinajstić information content (AvgIpc) is 2.97. The van der Waals surface area contributed by atoms with Gasteiger partial charge >= 0.3 is 0 Å². The highest BCUT2D eigenvalue weighted by Crippen LogP contribution is 2.31. The van der Waals surface area contributed by atoms with Crippen LogP contribution in [0.5, 0.6) is 0 Å². The summed E-state index contributed by atoms with van der Waals surface area (Å²) in [5.74, 6) is -0.466. The van der Waals surface area contributed by atoms with E-state index in [1.807, 2.05) is 107 Å². The quantitative estimate of drug-likeness (QED) is 0.504. The topological polar surface area (TPSA) is 70.1 Å². The van der Waals surface area contributed by atoms with Gasteiger partial charge in [0, 0.05) is 31.6 Å². The molecule has 0 aromatic heterocycles. The Balaban J connectivity index is 1.67. The van der Waals surface area contributed by atoms with Crippen LogP contribution in [0.3, 0.4) is 0 Å². The van der Waals surface area contributed by atoms with E-state index in [1.165, 1.54) is 0 Å². The lowest BCUT2D eigenvalue weighted by atomic mass is 9.94. The van der Waals surface area contributed by atoms with E-state index in [0.717, 1.165) is 22.3 Å². The van der Waals surface area contributed by atoms with Crippen molar-refractivity contribution in [2.45, 2.75) is 45.4 Å². The highest BCUT2D eigenvalue weighted by atomic mass is 16.5. The van der Waals surface area contributed by atoms with Crippen LogP contribution < -0.4 is 0 Å². The summed E-state index contributed by atoms with van der Waals surface area (Å²) in [6.07, 6.45) is -0.317. The Morgan fingerprint density at radius 3 is 2.26 bits per heavy atom. The summed E-state index contributed by atoms with van der Waals surface area (Å²) in [5.41, 5.74) is 4.36. The Labute approximate surface area is 225 Å². The van der Waals surface area contributed by atoms with Crippen molar-refractivity contribution in [2.75, 3.05) is 26.7 Å². The van der Waals surface area contributed by atoms with E-state index in [1.54, 1.807) is 9.80 Å². The van der Waals surface area contributed by atoms with E-state index in [2.05, 4.69) is 0 Å². The molecule has 1 N–H and O–H groups in total. The van der Waals surface area contributed by atoms with Crippen LogP contribution in [0.25, 0.3) is 11.1 Å². The SMILES string of the molecule is C[C@H](C(=O)N(C)C[C@@H]1OCc2ccccc2-c2ccccc2C(=O)N([C@@H](C)CO)C[C@H]1C)c1ccccc1. The summed E-state index contributed by atoms with van der Waals surface area (Å²) in [4.78, 5) is 30.7. The van der Waals surface area contributed by atoms with Crippen molar-refractivity contribution in [2.24, 2.45) is 5.92 Å². The summed E-state index contributed by atoms with van der Waals surface area (Å²) in [5, 5.41) is 10.0. The van der Waals surface area contributed by atoms with Crippen LogP contribution in [0.2, 0.25) is 0 Å². The summed E-state index contributed by atoms with van der Waals surface area (Å²) >= 11 is 0. The summed E-state index contributed by atoms with van der Waals surface area (Å²) < 4.78 is 6.54. The lowest BCUT2D eigenvalue weighted by molar-refractivity contribution is -0.134. The predicted molar refractivity (Wildman–Crippen MR) is 150 cm³/mol. The van der Waals surface area contributed by atoms with Gasteiger partial charge < -0.3 is 19.6 Å². The van der Waals surface area contributed by atoms with E-state index in [-0.39, 0.29) is 42.4 Å². The Kier molecular flexibility index (Phi) is 8.97. The molecule has 6 heteroatoms. The number of aliphatic hydroxyl groups is 1. The molecule has 0 bridgehead atoms. The number of aliphatic hydroxyl groups excluding tert-OH is 1. The molecule has 0 aliphatic carbocycles. The molecule has 3 aromatic carbocycles. The monoisotopic (exact) mass is 514 g/mol. The molecule has 3 aromatic rings. The number of rotatable bonds is 6. The van der Waals surface area contributed by atoms with Crippen molar-refractivity contribution in [3.05, 3.63) is 95.6 Å². The Hall–Kier alpha value is -3.48.